The smallest absolute Gasteiger partial charge is 0.119 e. The largest absolute Gasteiger partial charge is 0.508 e. The quantitative estimate of drug-likeness (QED) is 0.698. The summed E-state index contributed by atoms with van der Waals surface area (Å²) < 4.78 is 0. The van der Waals surface area contributed by atoms with E-state index in [1.54, 1.807) is 0 Å². The lowest BCUT2D eigenvalue weighted by atomic mass is 9.93. The second kappa shape index (κ2) is 6.48. The van der Waals surface area contributed by atoms with Crippen molar-refractivity contribution in [1.29, 1.82) is 0 Å². The number of hydrogen-bond acceptors (Lipinski definition) is 1. The summed E-state index contributed by atoms with van der Waals surface area (Å²) in [5.41, 5.74) is 5.78. The summed E-state index contributed by atoms with van der Waals surface area (Å²) in [4.78, 5) is 0. The van der Waals surface area contributed by atoms with E-state index in [9.17, 15) is 5.11 Å². The van der Waals surface area contributed by atoms with Crippen molar-refractivity contribution >= 4 is 0 Å². The van der Waals surface area contributed by atoms with E-state index in [1.807, 2.05) is 30.3 Å². The second-order valence-corrected chi connectivity index (χ2v) is 5.52. The topological polar surface area (TPSA) is 20.2 Å². The standard InChI is InChI=1S/C21H20O/c1-2-17-15-21(22)19(13-16-9-5-3-6-10-16)14-20(17)18-11-7-4-8-12-18/h3-12,14-15,22H,2,13H2,1H3. The van der Waals surface area contributed by atoms with Crippen LogP contribution >= 0.6 is 0 Å². The minimum Gasteiger partial charge on any atom is -0.508 e. The van der Waals surface area contributed by atoms with E-state index < -0.39 is 0 Å². The van der Waals surface area contributed by atoms with Crippen LogP contribution in [0.4, 0.5) is 0 Å². The number of hydrogen-bond donors (Lipinski definition) is 1. The molecule has 3 rings (SSSR count). The summed E-state index contributed by atoms with van der Waals surface area (Å²) in [6.07, 6.45) is 1.65. The maximum Gasteiger partial charge on any atom is 0.119 e. The van der Waals surface area contributed by atoms with E-state index >= 15 is 0 Å². The molecule has 0 saturated carbocycles. The van der Waals surface area contributed by atoms with Crippen LogP contribution in [0, 0.1) is 0 Å². The summed E-state index contributed by atoms with van der Waals surface area (Å²) in [6.45, 7) is 2.12. The molecule has 1 heteroatoms. The van der Waals surface area contributed by atoms with E-state index in [2.05, 4.69) is 49.4 Å². The maximum atomic E-state index is 10.4. The summed E-state index contributed by atoms with van der Waals surface area (Å²) in [5.74, 6) is 0.389. The van der Waals surface area contributed by atoms with Crippen molar-refractivity contribution in [3.63, 3.8) is 0 Å². The maximum absolute atomic E-state index is 10.4. The SMILES string of the molecule is CCc1cc(O)c(Cc2ccccc2)cc1-c1ccccc1. The highest BCUT2D eigenvalue weighted by atomic mass is 16.3. The van der Waals surface area contributed by atoms with Gasteiger partial charge in [-0.25, -0.2) is 0 Å². The molecule has 0 amide bonds. The van der Waals surface area contributed by atoms with Crippen LogP contribution in [0.1, 0.15) is 23.6 Å². The number of phenols is 1. The summed E-state index contributed by atoms with van der Waals surface area (Å²) in [7, 11) is 0. The van der Waals surface area contributed by atoms with Crippen LogP contribution in [0.2, 0.25) is 0 Å². The van der Waals surface area contributed by atoms with E-state index in [0.717, 1.165) is 18.4 Å². The Labute approximate surface area is 131 Å². The second-order valence-electron chi connectivity index (χ2n) is 5.52. The first-order valence-electron chi connectivity index (χ1n) is 7.72. The Morgan fingerprint density at radius 2 is 1.41 bits per heavy atom. The van der Waals surface area contributed by atoms with Gasteiger partial charge in [-0.3, -0.25) is 0 Å². The fourth-order valence-corrected chi connectivity index (χ4v) is 2.81. The Kier molecular flexibility index (Phi) is 4.24. The lowest BCUT2D eigenvalue weighted by Gasteiger charge is -2.13. The molecule has 0 aliphatic heterocycles. The van der Waals surface area contributed by atoms with Crippen LogP contribution in [0.15, 0.2) is 72.8 Å². The van der Waals surface area contributed by atoms with Gasteiger partial charge in [0.2, 0.25) is 0 Å². The van der Waals surface area contributed by atoms with E-state index in [1.165, 1.54) is 22.3 Å². The molecule has 0 spiro atoms. The highest BCUT2D eigenvalue weighted by Gasteiger charge is 2.10. The fraction of sp³-hybridized carbons (Fsp3) is 0.143. The van der Waals surface area contributed by atoms with Crippen LogP contribution < -0.4 is 0 Å². The Bertz CT molecular complexity index is 746. The molecule has 0 bridgehead atoms. The zero-order valence-corrected chi connectivity index (χ0v) is 12.8. The van der Waals surface area contributed by atoms with Gasteiger partial charge in [-0.15, -0.1) is 0 Å². The third-order valence-corrected chi connectivity index (χ3v) is 4.01. The lowest BCUT2D eigenvalue weighted by Crippen LogP contribution is -1.94. The van der Waals surface area contributed by atoms with E-state index in [0.29, 0.717) is 5.75 Å². The molecular formula is C21H20O. The van der Waals surface area contributed by atoms with Gasteiger partial charge in [-0.2, -0.15) is 0 Å². The minimum absolute atomic E-state index is 0.389. The average Bonchev–Trinajstić information content (AvgIpc) is 2.58. The molecule has 0 aliphatic rings. The van der Waals surface area contributed by atoms with Gasteiger partial charge >= 0.3 is 0 Å². The van der Waals surface area contributed by atoms with Crippen LogP contribution in [-0.2, 0) is 12.8 Å². The van der Waals surface area contributed by atoms with Gasteiger partial charge in [0.25, 0.3) is 0 Å². The van der Waals surface area contributed by atoms with E-state index in [-0.39, 0.29) is 0 Å². The molecule has 3 aromatic rings. The first-order chi connectivity index (χ1) is 10.8. The Hall–Kier alpha value is -2.54. The van der Waals surface area contributed by atoms with Crippen molar-refractivity contribution in [2.75, 3.05) is 0 Å². The normalized spacial score (nSPS) is 10.6. The number of rotatable bonds is 4. The first kappa shape index (κ1) is 14.4. The molecule has 22 heavy (non-hydrogen) atoms. The molecular weight excluding hydrogens is 268 g/mol. The molecule has 0 unspecified atom stereocenters. The molecule has 0 atom stereocenters. The predicted molar refractivity (Wildman–Crippen MR) is 92.2 cm³/mol. The first-order valence-corrected chi connectivity index (χ1v) is 7.72. The number of aryl methyl sites for hydroxylation is 1. The summed E-state index contributed by atoms with van der Waals surface area (Å²) in [5, 5.41) is 10.4. The predicted octanol–water partition coefficient (Wildman–Crippen LogP) is 5.21. The van der Waals surface area contributed by atoms with Crippen molar-refractivity contribution in [3.8, 4) is 16.9 Å². The lowest BCUT2D eigenvalue weighted by molar-refractivity contribution is 0.469. The van der Waals surface area contributed by atoms with Gasteiger partial charge in [0.15, 0.2) is 0 Å². The van der Waals surface area contributed by atoms with Crippen molar-refractivity contribution in [2.24, 2.45) is 0 Å². The molecule has 3 aromatic carbocycles. The monoisotopic (exact) mass is 288 g/mol. The Morgan fingerprint density at radius 1 is 0.773 bits per heavy atom. The highest BCUT2D eigenvalue weighted by Crippen LogP contribution is 2.32. The molecule has 0 fully saturated rings. The fourth-order valence-electron chi connectivity index (χ4n) is 2.81. The van der Waals surface area contributed by atoms with Gasteiger partial charge in [0.05, 0.1) is 0 Å². The molecule has 0 saturated heterocycles. The van der Waals surface area contributed by atoms with Crippen LogP contribution in [0.5, 0.6) is 5.75 Å². The molecule has 1 nitrogen and oxygen atoms in total. The van der Waals surface area contributed by atoms with E-state index in [4.69, 9.17) is 0 Å². The Balaban J connectivity index is 2.05. The molecule has 0 aliphatic carbocycles. The molecule has 1 N–H and O–H groups in total. The number of phenolic OH excluding ortho intramolecular Hbond substituents is 1. The number of aromatic hydroxyl groups is 1. The van der Waals surface area contributed by atoms with Crippen molar-refractivity contribution in [2.45, 2.75) is 19.8 Å². The molecule has 0 heterocycles. The van der Waals surface area contributed by atoms with Gasteiger partial charge in [0, 0.05) is 6.42 Å². The third-order valence-electron chi connectivity index (χ3n) is 4.01. The minimum atomic E-state index is 0.389. The van der Waals surface area contributed by atoms with Crippen LogP contribution in [0.3, 0.4) is 0 Å². The van der Waals surface area contributed by atoms with Crippen LogP contribution in [-0.4, -0.2) is 5.11 Å². The zero-order valence-electron chi connectivity index (χ0n) is 12.8. The number of benzene rings is 3. The zero-order chi connectivity index (χ0) is 15.4. The van der Waals surface area contributed by atoms with Crippen molar-refractivity contribution < 1.29 is 5.11 Å². The van der Waals surface area contributed by atoms with Crippen molar-refractivity contribution in [1.82, 2.24) is 0 Å². The van der Waals surface area contributed by atoms with Gasteiger partial charge < -0.3 is 5.11 Å². The molecule has 0 aromatic heterocycles. The summed E-state index contributed by atoms with van der Waals surface area (Å²) in [6, 6.07) is 24.7. The van der Waals surface area contributed by atoms with Crippen molar-refractivity contribution in [3.05, 3.63) is 89.5 Å². The Morgan fingerprint density at radius 3 is 2.05 bits per heavy atom. The van der Waals surface area contributed by atoms with Gasteiger partial charge in [-0.1, -0.05) is 67.6 Å². The van der Waals surface area contributed by atoms with Gasteiger partial charge in [0.1, 0.15) is 5.75 Å². The van der Waals surface area contributed by atoms with Crippen LogP contribution in [0.25, 0.3) is 11.1 Å². The summed E-state index contributed by atoms with van der Waals surface area (Å²) >= 11 is 0. The van der Waals surface area contributed by atoms with Gasteiger partial charge in [-0.05, 0) is 46.4 Å². The molecule has 110 valence electrons. The third kappa shape index (κ3) is 3.04. The highest BCUT2D eigenvalue weighted by molar-refractivity contribution is 5.70. The average molecular weight is 288 g/mol. The molecule has 0 radical (unpaired) electrons.